The zero-order valence-electron chi connectivity index (χ0n) is 14.6. The summed E-state index contributed by atoms with van der Waals surface area (Å²) in [6.45, 7) is 6.90. The Bertz CT molecular complexity index is 870. The van der Waals surface area contributed by atoms with Gasteiger partial charge in [0.2, 0.25) is 15.9 Å². The zero-order chi connectivity index (χ0) is 18.8. The van der Waals surface area contributed by atoms with Gasteiger partial charge in [-0.05, 0) is 63.1 Å². The molecule has 25 heavy (non-hydrogen) atoms. The molecule has 5 nitrogen and oxygen atoms in total. The van der Waals surface area contributed by atoms with Crippen LogP contribution in [0.1, 0.15) is 23.6 Å². The molecule has 2 aromatic rings. The minimum absolute atomic E-state index is 0.212. The van der Waals surface area contributed by atoms with Crippen LogP contribution in [0, 0.1) is 20.8 Å². The average molecular weight is 381 g/mol. The molecule has 1 unspecified atom stereocenters. The summed E-state index contributed by atoms with van der Waals surface area (Å²) in [5, 5.41) is 3.21. The topological polar surface area (TPSA) is 75.3 Å². The van der Waals surface area contributed by atoms with Crippen LogP contribution in [0.5, 0.6) is 0 Å². The number of nitrogens with one attached hydrogen (secondary N) is 2. The summed E-state index contributed by atoms with van der Waals surface area (Å²) in [7, 11) is -3.81. The number of carbonyl (C=O) groups is 1. The highest BCUT2D eigenvalue weighted by atomic mass is 35.5. The van der Waals surface area contributed by atoms with Crippen LogP contribution in [0.4, 0.5) is 5.69 Å². The quantitative estimate of drug-likeness (QED) is 0.832. The van der Waals surface area contributed by atoms with E-state index in [2.05, 4.69) is 10.0 Å². The van der Waals surface area contributed by atoms with Crippen molar-refractivity contribution in [2.75, 3.05) is 5.32 Å². The molecule has 0 heterocycles. The van der Waals surface area contributed by atoms with Crippen molar-refractivity contribution in [2.45, 2.75) is 38.6 Å². The number of hydrogen-bond acceptors (Lipinski definition) is 3. The Labute approximate surface area is 153 Å². The second kappa shape index (κ2) is 7.56. The number of anilines is 1. The van der Waals surface area contributed by atoms with Crippen LogP contribution in [0.15, 0.2) is 41.3 Å². The fourth-order valence-electron chi connectivity index (χ4n) is 2.72. The van der Waals surface area contributed by atoms with Gasteiger partial charge in [-0.3, -0.25) is 4.79 Å². The summed E-state index contributed by atoms with van der Waals surface area (Å²) in [6.07, 6.45) is 0. The maximum atomic E-state index is 12.7. The smallest absolute Gasteiger partial charge is 0.242 e. The number of rotatable bonds is 5. The van der Waals surface area contributed by atoms with Crippen LogP contribution in [-0.2, 0) is 14.8 Å². The van der Waals surface area contributed by atoms with E-state index in [1.165, 1.54) is 6.92 Å². The van der Waals surface area contributed by atoms with E-state index in [-0.39, 0.29) is 4.90 Å². The molecule has 0 radical (unpaired) electrons. The van der Waals surface area contributed by atoms with Crippen LogP contribution >= 0.6 is 11.6 Å². The van der Waals surface area contributed by atoms with E-state index in [0.717, 1.165) is 5.56 Å². The summed E-state index contributed by atoms with van der Waals surface area (Å²) in [4.78, 5) is 12.5. The van der Waals surface area contributed by atoms with Crippen molar-refractivity contribution >= 4 is 33.2 Å². The minimum atomic E-state index is -3.81. The molecule has 0 aromatic heterocycles. The number of sulfonamides is 1. The van der Waals surface area contributed by atoms with Crippen LogP contribution in [0.3, 0.4) is 0 Å². The Hall–Kier alpha value is -1.89. The van der Waals surface area contributed by atoms with Crippen LogP contribution in [0.25, 0.3) is 0 Å². The predicted octanol–water partition coefficient (Wildman–Crippen LogP) is 3.57. The van der Waals surface area contributed by atoms with Crippen LogP contribution in [-0.4, -0.2) is 20.4 Å². The number of amides is 1. The van der Waals surface area contributed by atoms with Gasteiger partial charge in [0.15, 0.2) is 0 Å². The third-order valence-electron chi connectivity index (χ3n) is 3.71. The minimum Gasteiger partial charge on any atom is -0.325 e. The van der Waals surface area contributed by atoms with Crippen LogP contribution in [0.2, 0.25) is 5.02 Å². The Balaban J connectivity index is 2.17. The lowest BCUT2D eigenvalue weighted by Crippen LogP contribution is -2.41. The van der Waals surface area contributed by atoms with Gasteiger partial charge in [-0.15, -0.1) is 0 Å². The van der Waals surface area contributed by atoms with Crippen molar-refractivity contribution in [3.63, 3.8) is 0 Å². The van der Waals surface area contributed by atoms with Crippen molar-refractivity contribution in [3.05, 3.63) is 58.1 Å². The molecule has 0 spiro atoms. The van der Waals surface area contributed by atoms with E-state index in [9.17, 15) is 13.2 Å². The highest BCUT2D eigenvalue weighted by Crippen LogP contribution is 2.22. The number of benzene rings is 2. The molecular formula is C18H21ClN2O3S. The van der Waals surface area contributed by atoms with Gasteiger partial charge in [-0.1, -0.05) is 29.3 Å². The maximum absolute atomic E-state index is 12.7. The summed E-state index contributed by atoms with van der Waals surface area (Å²) in [5.41, 5.74) is 2.83. The van der Waals surface area contributed by atoms with Crippen molar-refractivity contribution < 1.29 is 13.2 Å². The molecule has 134 valence electrons. The number of carbonyl (C=O) groups excluding carboxylic acids is 1. The van der Waals surface area contributed by atoms with Gasteiger partial charge in [0.05, 0.1) is 10.9 Å². The molecule has 7 heteroatoms. The fraction of sp³-hybridized carbons (Fsp3) is 0.278. The summed E-state index contributed by atoms with van der Waals surface area (Å²) < 4.78 is 27.8. The average Bonchev–Trinajstić information content (AvgIpc) is 2.47. The molecule has 0 aliphatic rings. The molecule has 0 aliphatic heterocycles. The third kappa shape index (κ3) is 4.81. The second-order valence-electron chi connectivity index (χ2n) is 6.07. The third-order valence-corrected chi connectivity index (χ3v) is 5.81. The first-order valence-corrected chi connectivity index (χ1v) is 9.63. The highest BCUT2D eigenvalue weighted by Gasteiger charge is 2.25. The Morgan fingerprint density at radius 1 is 1.04 bits per heavy atom. The summed E-state index contributed by atoms with van der Waals surface area (Å²) in [6, 6.07) is 9.27. The molecular weight excluding hydrogens is 360 g/mol. The molecule has 2 aromatic carbocycles. The lowest BCUT2D eigenvalue weighted by molar-refractivity contribution is -0.117. The molecule has 0 saturated heterocycles. The van der Waals surface area contributed by atoms with E-state index in [4.69, 9.17) is 11.6 Å². The van der Waals surface area contributed by atoms with Gasteiger partial charge >= 0.3 is 0 Å². The van der Waals surface area contributed by atoms with Gasteiger partial charge in [0.25, 0.3) is 0 Å². The lowest BCUT2D eigenvalue weighted by Gasteiger charge is -2.17. The fourth-order valence-corrected chi connectivity index (χ4v) is 4.50. The van der Waals surface area contributed by atoms with Gasteiger partial charge < -0.3 is 5.32 Å². The van der Waals surface area contributed by atoms with Crippen LogP contribution < -0.4 is 10.0 Å². The van der Waals surface area contributed by atoms with Crippen molar-refractivity contribution in [1.82, 2.24) is 4.72 Å². The largest absolute Gasteiger partial charge is 0.325 e. The molecule has 0 aliphatic carbocycles. The summed E-state index contributed by atoms with van der Waals surface area (Å²) in [5.74, 6) is -0.451. The van der Waals surface area contributed by atoms with E-state index in [1.807, 2.05) is 6.92 Å². The number of hydrogen-bond donors (Lipinski definition) is 2. The first-order valence-electron chi connectivity index (χ1n) is 7.77. The molecule has 1 atom stereocenters. The Morgan fingerprint density at radius 3 is 2.08 bits per heavy atom. The van der Waals surface area contributed by atoms with E-state index < -0.39 is 22.0 Å². The van der Waals surface area contributed by atoms with E-state index in [1.54, 1.807) is 50.2 Å². The Kier molecular flexibility index (Phi) is 5.87. The summed E-state index contributed by atoms with van der Waals surface area (Å²) >= 11 is 5.80. The molecule has 0 saturated carbocycles. The number of aryl methyl sites for hydroxylation is 3. The lowest BCUT2D eigenvalue weighted by atomic mass is 10.1. The van der Waals surface area contributed by atoms with Gasteiger partial charge in [-0.2, -0.15) is 4.72 Å². The Morgan fingerprint density at radius 2 is 1.56 bits per heavy atom. The molecule has 0 bridgehead atoms. The SMILES string of the molecule is Cc1cc(C)c(S(=O)(=O)NC(C)C(=O)Nc2ccc(Cl)cc2)c(C)c1. The normalized spacial score (nSPS) is 12.7. The second-order valence-corrected chi connectivity index (χ2v) is 8.15. The van der Waals surface area contributed by atoms with Crippen molar-refractivity contribution in [1.29, 1.82) is 0 Å². The van der Waals surface area contributed by atoms with Gasteiger partial charge in [0, 0.05) is 10.7 Å². The molecule has 2 rings (SSSR count). The van der Waals surface area contributed by atoms with Crippen molar-refractivity contribution in [2.24, 2.45) is 0 Å². The first kappa shape index (κ1) is 19.4. The molecule has 1 amide bonds. The first-order chi connectivity index (χ1) is 11.6. The van der Waals surface area contributed by atoms with Crippen molar-refractivity contribution in [3.8, 4) is 0 Å². The number of halogens is 1. The highest BCUT2D eigenvalue weighted by molar-refractivity contribution is 7.89. The van der Waals surface area contributed by atoms with E-state index in [0.29, 0.717) is 21.8 Å². The van der Waals surface area contributed by atoms with Gasteiger partial charge in [-0.25, -0.2) is 8.42 Å². The molecule has 2 N–H and O–H groups in total. The van der Waals surface area contributed by atoms with Gasteiger partial charge in [0.1, 0.15) is 0 Å². The molecule has 0 fully saturated rings. The predicted molar refractivity (Wildman–Crippen MR) is 101 cm³/mol. The monoisotopic (exact) mass is 380 g/mol. The zero-order valence-corrected chi connectivity index (χ0v) is 16.1. The maximum Gasteiger partial charge on any atom is 0.242 e. The standard InChI is InChI=1S/C18H21ClN2O3S/c1-11-9-12(2)17(13(3)10-11)25(23,24)21-14(4)18(22)20-16-7-5-15(19)6-8-16/h5-10,14,21H,1-4H3,(H,20,22). The van der Waals surface area contributed by atoms with E-state index >= 15 is 0 Å².